The summed E-state index contributed by atoms with van der Waals surface area (Å²) in [6, 6.07) is 12.2. The van der Waals surface area contributed by atoms with E-state index in [2.05, 4.69) is 10.0 Å². The van der Waals surface area contributed by atoms with Crippen LogP contribution in [0.15, 0.2) is 53.4 Å². The van der Waals surface area contributed by atoms with E-state index < -0.39 is 15.8 Å². The molecule has 2 aromatic rings. The van der Waals surface area contributed by atoms with Crippen molar-refractivity contribution in [3.63, 3.8) is 0 Å². The van der Waals surface area contributed by atoms with Crippen LogP contribution in [0, 0.1) is 5.82 Å². The molecule has 0 bridgehead atoms. The van der Waals surface area contributed by atoms with Crippen molar-refractivity contribution in [2.75, 3.05) is 11.8 Å². The average molecular weight is 294 g/mol. The van der Waals surface area contributed by atoms with Crippen molar-refractivity contribution in [1.82, 2.24) is 5.32 Å². The van der Waals surface area contributed by atoms with E-state index in [4.69, 9.17) is 0 Å². The molecule has 106 valence electrons. The van der Waals surface area contributed by atoms with E-state index >= 15 is 0 Å². The van der Waals surface area contributed by atoms with Crippen LogP contribution in [0.4, 0.5) is 10.1 Å². The van der Waals surface area contributed by atoms with Gasteiger partial charge in [-0.1, -0.05) is 24.3 Å². The van der Waals surface area contributed by atoms with Gasteiger partial charge < -0.3 is 5.32 Å². The van der Waals surface area contributed by atoms with Gasteiger partial charge in [-0.15, -0.1) is 0 Å². The number of halogens is 1. The van der Waals surface area contributed by atoms with Crippen molar-refractivity contribution in [1.29, 1.82) is 0 Å². The topological polar surface area (TPSA) is 58.2 Å². The molecule has 0 fully saturated rings. The van der Waals surface area contributed by atoms with E-state index in [1.807, 2.05) is 6.07 Å². The smallest absolute Gasteiger partial charge is 0.261 e. The number of para-hydroxylation sites is 1. The van der Waals surface area contributed by atoms with Gasteiger partial charge >= 0.3 is 0 Å². The molecule has 0 aromatic heterocycles. The van der Waals surface area contributed by atoms with Gasteiger partial charge in [-0.3, -0.25) is 4.72 Å². The second-order valence-corrected chi connectivity index (χ2v) is 5.95. The first-order valence-corrected chi connectivity index (χ1v) is 7.52. The Morgan fingerprint density at radius 2 is 1.85 bits per heavy atom. The summed E-state index contributed by atoms with van der Waals surface area (Å²) >= 11 is 0. The molecule has 0 heterocycles. The first-order chi connectivity index (χ1) is 9.53. The summed E-state index contributed by atoms with van der Waals surface area (Å²) in [5.41, 5.74) is 0.774. The first kappa shape index (κ1) is 14.5. The quantitative estimate of drug-likeness (QED) is 0.890. The molecule has 0 aliphatic rings. The van der Waals surface area contributed by atoms with Crippen LogP contribution in [0.25, 0.3) is 0 Å². The molecule has 6 heteroatoms. The SMILES string of the molecule is CNCc1cccc(S(=O)(=O)Nc2ccccc2F)c1. The van der Waals surface area contributed by atoms with E-state index in [9.17, 15) is 12.8 Å². The molecule has 0 saturated heterocycles. The molecule has 0 spiro atoms. The lowest BCUT2D eigenvalue weighted by atomic mass is 10.2. The van der Waals surface area contributed by atoms with Gasteiger partial charge in [0.15, 0.2) is 0 Å². The Morgan fingerprint density at radius 3 is 2.55 bits per heavy atom. The third-order valence-corrected chi connectivity index (χ3v) is 4.07. The molecule has 0 saturated carbocycles. The molecule has 4 nitrogen and oxygen atoms in total. The third-order valence-electron chi connectivity index (χ3n) is 2.71. The van der Waals surface area contributed by atoms with Crippen molar-refractivity contribution >= 4 is 15.7 Å². The van der Waals surface area contributed by atoms with E-state index in [0.29, 0.717) is 6.54 Å². The average Bonchev–Trinajstić information content (AvgIpc) is 2.42. The standard InChI is InChI=1S/C14H15FN2O2S/c1-16-10-11-5-4-6-12(9-11)20(18,19)17-14-8-3-2-7-13(14)15/h2-9,16-17H,10H2,1H3. The van der Waals surface area contributed by atoms with Gasteiger partial charge in [0.25, 0.3) is 10.0 Å². The Labute approximate surface area is 117 Å². The fraction of sp³-hybridized carbons (Fsp3) is 0.143. The lowest BCUT2D eigenvalue weighted by Gasteiger charge is -2.10. The monoisotopic (exact) mass is 294 g/mol. The minimum absolute atomic E-state index is 0.0634. The lowest BCUT2D eigenvalue weighted by Crippen LogP contribution is -2.14. The van der Waals surface area contributed by atoms with Gasteiger partial charge in [-0.2, -0.15) is 0 Å². The molecule has 20 heavy (non-hydrogen) atoms. The van der Waals surface area contributed by atoms with Gasteiger partial charge in [-0.05, 0) is 36.9 Å². The van der Waals surface area contributed by atoms with Crippen LogP contribution in [0.3, 0.4) is 0 Å². The van der Waals surface area contributed by atoms with Crippen molar-refractivity contribution in [2.45, 2.75) is 11.4 Å². The number of rotatable bonds is 5. The molecule has 0 amide bonds. The Balaban J connectivity index is 2.31. The summed E-state index contributed by atoms with van der Waals surface area (Å²) in [5.74, 6) is -0.609. The van der Waals surface area contributed by atoms with Crippen LogP contribution in [-0.4, -0.2) is 15.5 Å². The van der Waals surface area contributed by atoms with Gasteiger partial charge in [0.05, 0.1) is 10.6 Å². The lowest BCUT2D eigenvalue weighted by molar-refractivity contribution is 0.598. The number of hydrogen-bond acceptors (Lipinski definition) is 3. The third kappa shape index (κ3) is 3.34. The number of benzene rings is 2. The zero-order valence-corrected chi connectivity index (χ0v) is 11.7. The zero-order valence-electron chi connectivity index (χ0n) is 10.9. The number of nitrogens with one attached hydrogen (secondary N) is 2. The first-order valence-electron chi connectivity index (χ1n) is 6.04. The number of anilines is 1. The minimum atomic E-state index is -3.79. The maximum Gasteiger partial charge on any atom is 0.261 e. The Morgan fingerprint density at radius 1 is 1.10 bits per heavy atom. The number of sulfonamides is 1. The van der Waals surface area contributed by atoms with Gasteiger partial charge in [-0.25, -0.2) is 12.8 Å². The fourth-order valence-electron chi connectivity index (χ4n) is 1.77. The van der Waals surface area contributed by atoms with Crippen LogP contribution in [0.2, 0.25) is 0 Å². The summed E-state index contributed by atoms with van der Waals surface area (Å²) in [7, 11) is -2.02. The van der Waals surface area contributed by atoms with Crippen molar-refractivity contribution in [3.8, 4) is 0 Å². The van der Waals surface area contributed by atoms with Crippen LogP contribution in [0.5, 0.6) is 0 Å². The highest BCUT2D eigenvalue weighted by Crippen LogP contribution is 2.19. The maximum absolute atomic E-state index is 13.5. The summed E-state index contributed by atoms with van der Waals surface area (Å²) in [6.45, 7) is 0.559. The second kappa shape index (κ2) is 6.02. The predicted octanol–water partition coefficient (Wildman–Crippen LogP) is 2.35. The summed E-state index contributed by atoms with van der Waals surface area (Å²) in [6.07, 6.45) is 0. The van der Waals surface area contributed by atoms with Gasteiger partial charge in [0.2, 0.25) is 0 Å². The van der Waals surface area contributed by atoms with E-state index in [1.54, 1.807) is 25.2 Å². The molecule has 0 aliphatic carbocycles. The van der Waals surface area contributed by atoms with E-state index in [0.717, 1.165) is 5.56 Å². The zero-order chi connectivity index (χ0) is 14.6. The Hall–Kier alpha value is -1.92. The molecule has 0 atom stereocenters. The van der Waals surface area contributed by atoms with E-state index in [-0.39, 0.29) is 10.6 Å². The van der Waals surface area contributed by atoms with Crippen molar-refractivity contribution < 1.29 is 12.8 Å². The predicted molar refractivity (Wildman–Crippen MR) is 76.4 cm³/mol. The fourth-order valence-corrected chi connectivity index (χ4v) is 2.91. The largest absolute Gasteiger partial charge is 0.316 e. The van der Waals surface area contributed by atoms with E-state index in [1.165, 1.54) is 24.3 Å². The van der Waals surface area contributed by atoms with Crippen LogP contribution >= 0.6 is 0 Å². The molecule has 2 rings (SSSR count). The molecule has 2 aromatic carbocycles. The summed E-state index contributed by atoms with van der Waals surface area (Å²) < 4.78 is 40.2. The highest BCUT2D eigenvalue weighted by molar-refractivity contribution is 7.92. The molecule has 0 aliphatic heterocycles. The van der Waals surface area contributed by atoms with Crippen LogP contribution in [0.1, 0.15) is 5.56 Å². The van der Waals surface area contributed by atoms with Gasteiger partial charge in [0, 0.05) is 6.54 Å². The molecule has 0 radical (unpaired) electrons. The van der Waals surface area contributed by atoms with Crippen LogP contribution < -0.4 is 10.0 Å². The molecule has 0 unspecified atom stereocenters. The minimum Gasteiger partial charge on any atom is -0.316 e. The van der Waals surface area contributed by atoms with Crippen molar-refractivity contribution in [3.05, 3.63) is 59.9 Å². The highest BCUT2D eigenvalue weighted by Gasteiger charge is 2.16. The molecular formula is C14H15FN2O2S. The highest BCUT2D eigenvalue weighted by atomic mass is 32.2. The second-order valence-electron chi connectivity index (χ2n) is 4.26. The van der Waals surface area contributed by atoms with Crippen molar-refractivity contribution in [2.24, 2.45) is 0 Å². The number of hydrogen-bond donors (Lipinski definition) is 2. The van der Waals surface area contributed by atoms with Gasteiger partial charge in [0.1, 0.15) is 5.82 Å². The molecular weight excluding hydrogens is 279 g/mol. The normalized spacial score (nSPS) is 11.3. The summed E-state index contributed by atoms with van der Waals surface area (Å²) in [5, 5.41) is 2.95. The maximum atomic E-state index is 13.5. The Kier molecular flexibility index (Phi) is 4.36. The Bertz CT molecular complexity index is 702. The van der Waals surface area contributed by atoms with Crippen LogP contribution in [-0.2, 0) is 16.6 Å². The summed E-state index contributed by atoms with van der Waals surface area (Å²) in [4.78, 5) is 0.105. The molecule has 2 N–H and O–H groups in total.